The summed E-state index contributed by atoms with van der Waals surface area (Å²) < 4.78 is 13.4. The molecule has 0 spiro atoms. The van der Waals surface area contributed by atoms with E-state index in [2.05, 4.69) is 21.2 Å². The van der Waals surface area contributed by atoms with Crippen molar-refractivity contribution in [3.05, 3.63) is 32.5 Å². The van der Waals surface area contributed by atoms with Crippen molar-refractivity contribution in [2.24, 2.45) is 0 Å². The van der Waals surface area contributed by atoms with Gasteiger partial charge in [-0.15, -0.1) is 0 Å². The summed E-state index contributed by atoms with van der Waals surface area (Å²) in [5, 5.41) is 13.8. The third-order valence-corrected chi connectivity index (χ3v) is 2.97. The molecule has 0 radical (unpaired) electrons. The third-order valence-electron chi connectivity index (χ3n) is 2.36. The van der Waals surface area contributed by atoms with Gasteiger partial charge in [-0.25, -0.2) is 4.39 Å². The molecule has 1 aromatic rings. The molecule has 1 N–H and O–H groups in total. The lowest BCUT2D eigenvalue weighted by molar-refractivity contribution is -0.384. The normalized spacial score (nSPS) is 12.2. The lowest BCUT2D eigenvalue weighted by Gasteiger charge is -2.14. The van der Waals surface area contributed by atoms with E-state index >= 15 is 0 Å². The van der Waals surface area contributed by atoms with Crippen LogP contribution in [0.4, 0.5) is 15.8 Å². The Hall–Kier alpha value is -1.17. The van der Waals surface area contributed by atoms with E-state index in [-0.39, 0.29) is 16.2 Å². The van der Waals surface area contributed by atoms with Crippen molar-refractivity contribution in [1.82, 2.24) is 0 Å². The molecule has 1 rings (SSSR count). The first-order chi connectivity index (χ1) is 7.95. The van der Waals surface area contributed by atoms with Crippen LogP contribution < -0.4 is 5.32 Å². The van der Waals surface area contributed by atoms with Crippen LogP contribution in [-0.4, -0.2) is 11.0 Å². The maximum atomic E-state index is 13.2. The Bertz CT molecular complexity index is 426. The predicted molar refractivity (Wildman–Crippen MR) is 68.7 cm³/mol. The van der Waals surface area contributed by atoms with Crippen molar-refractivity contribution in [3.63, 3.8) is 0 Å². The molecule has 0 heterocycles. The maximum Gasteiger partial charge on any atom is 0.295 e. The highest BCUT2D eigenvalue weighted by Gasteiger charge is 2.18. The number of nitro benzene ring substituents is 1. The highest BCUT2D eigenvalue weighted by atomic mass is 79.9. The number of nitrogens with one attached hydrogen (secondary N) is 1. The zero-order chi connectivity index (χ0) is 13.0. The minimum atomic E-state index is -0.634. The predicted octanol–water partition coefficient (Wildman–Crippen LogP) is 4.10. The van der Waals surface area contributed by atoms with Crippen molar-refractivity contribution in [1.29, 1.82) is 0 Å². The van der Waals surface area contributed by atoms with Gasteiger partial charge in [0, 0.05) is 6.04 Å². The third kappa shape index (κ3) is 3.66. The fourth-order valence-corrected chi connectivity index (χ4v) is 1.92. The molecule has 6 heteroatoms. The number of benzene rings is 1. The first kappa shape index (κ1) is 13.9. The highest BCUT2D eigenvalue weighted by molar-refractivity contribution is 9.10. The zero-order valence-electron chi connectivity index (χ0n) is 9.67. The quantitative estimate of drug-likeness (QED) is 0.658. The molecular formula is C11H14BrFN2O2. The molecule has 0 bridgehead atoms. The van der Waals surface area contributed by atoms with E-state index in [1.54, 1.807) is 0 Å². The second kappa shape index (κ2) is 5.95. The van der Waals surface area contributed by atoms with Gasteiger partial charge in [0.25, 0.3) is 5.69 Å². The Kier molecular flexibility index (Phi) is 4.86. The van der Waals surface area contributed by atoms with Gasteiger partial charge in [0.05, 0.1) is 15.5 Å². The summed E-state index contributed by atoms with van der Waals surface area (Å²) >= 11 is 3.02. The lowest BCUT2D eigenvalue weighted by Crippen LogP contribution is -2.15. The number of hydrogen-bond donors (Lipinski definition) is 1. The molecule has 0 aliphatic carbocycles. The number of nitrogens with zero attached hydrogens (tertiary/aromatic N) is 1. The molecule has 94 valence electrons. The number of halogens is 2. The van der Waals surface area contributed by atoms with Crippen LogP contribution in [0.3, 0.4) is 0 Å². The minimum absolute atomic E-state index is 0.107. The van der Waals surface area contributed by atoms with Crippen LogP contribution in [0, 0.1) is 15.9 Å². The molecule has 0 aliphatic heterocycles. The van der Waals surface area contributed by atoms with E-state index in [9.17, 15) is 14.5 Å². The molecule has 4 nitrogen and oxygen atoms in total. The SMILES string of the molecule is CCCC(C)Nc1cc(Br)c(F)cc1[N+](=O)[O-]. The lowest BCUT2D eigenvalue weighted by atomic mass is 10.1. The van der Waals surface area contributed by atoms with E-state index in [0.717, 1.165) is 18.9 Å². The second-order valence-corrected chi connectivity index (χ2v) is 4.73. The van der Waals surface area contributed by atoms with E-state index < -0.39 is 10.7 Å². The van der Waals surface area contributed by atoms with E-state index in [4.69, 9.17) is 0 Å². The van der Waals surface area contributed by atoms with Crippen molar-refractivity contribution >= 4 is 27.3 Å². The number of hydrogen-bond acceptors (Lipinski definition) is 3. The molecule has 17 heavy (non-hydrogen) atoms. The molecular weight excluding hydrogens is 291 g/mol. The fourth-order valence-electron chi connectivity index (χ4n) is 1.57. The van der Waals surface area contributed by atoms with E-state index in [1.165, 1.54) is 6.07 Å². The molecule has 0 amide bonds. The van der Waals surface area contributed by atoms with Crippen molar-refractivity contribution in [2.75, 3.05) is 5.32 Å². The van der Waals surface area contributed by atoms with Gasteiger partial charge in [-0.1, -0.05) is 13.3 Å². The average Bonchev–Trinajstić information content (AvgIpc) is 2.23. The standard InChI is InChI=1S/C11H14BrFN2O2/c1-3-4-7(2)14-10-5-8(12)9(13)6-11(10)15(16)17/h5-7,14H,3-4H2,1-2H3. The topological polar surface area (TPSA) is 55.2 Å². The number of anilines is 1. The first-order valence-electron chi connectivity index (χ1n) is 5.35. The summed E-state index contributed by atoms with van der Waals surface area (Å²) in [6, 6.07) is 2.43. The van der Waals surface area contributed by atoms with Crippen LogP contribution in [-0.2, 0) is 0 Å². The van der Waals surface area contributed by atoms with Gasteiger partial charge in [0.1, 0.15) is 11.5 Å². The molecule has 1 unspecified atom stereocenters. The molecule has 0 saturated heterocycles. The largest absolute Gasteiger partial charge is 0.377 e. The van der Waals surface area contributed by atoms with Gasteiger partial charge in [0.2, 0.25) is 0 Å². The fraction of sp³-hybridized carbons (Fsp3) is 0.455. The number of rotatable bonds is 5. The van der Waals surface area contributed by atoms with Crippen LogP contribution in [0.25, 0.3) is 0 Å². The van der Waals surface area contributed by atoms with Gasteiger partial charge in [-0.2, -0.15) is 0 Å². The second-order valence-electron chi connectivity index (χ2n) is 3.87. The van der Waals surface area contributed by atoms with Crippen molar-refractivity contribution < 1.29 is 9.31 Å². The summed E-state index contributed by atoms with van der Waals surface area (Å²) in [6.07, 6.45) is 1.87. The van der Waals surface area contributed by atoms with Crippen LogP contribution in [0.15, 0.2) is 16.6 Å². The highest BCUT2D eigenvalue weighted by Crippen LogP contribution is 2.31. The molecule has 0 aromatic heterocycles. The molecule has 0 saturated carbocycles. The van der Waals surface area contributed by atoms with Crippen LogP contribution >= 0.6 is 15.9 Å². The Morgan fingerprint density at radius 1 is 1.59 bits per heavy atom. The van der Waals surface area contributed by atoms with Gasteiger partial charge < -0.3 is 5.32 Å². The molecule has 0 fully saturated rings. The van der Waals surface area contributed by atoms with Crippen molar-refractivity contribution in [3.8, 4) is 0 Å². The van der Waals surface area contributed by atoms with Crippen LogP contribution in [0.2, 0.25) is 0 Å². The Morgan fingerprint density at radius 3 is 2.76 bits per heavy atom. The Labute approximate surface area is 107 Å². The maximum absolute atomic E-state index is 13.2. The van der Waals surface area contributed by atoms with Gasteiger partial charge in [-0.05, 0) is 35.3 Å². The average molecular weight is 305 g/mol. The van der Waals surface area contributed by atoms with Gasteiger partial charge >= 0.3 is 0 Å². The molecule has 1 aromatic carbocycles. The van der Waals surface area contributed by atoms with Crippen molar-refractivity contribution in [2.45, 2.75) is 32.7 Å². The summed E-state index contributed by atoms with van der Waals surface area (Å²) in [4.78, 5) is 10.2. The zero-order valence-corrected chi connectivity index (χ0v) is 11.3. The minimum Gasteiger partial charge on any atom is -0.377 e. The Balaban J connectivity index is 3.04. The van der Waals surface area contributed by atoms with Crippen LogP contribution in [0.5, 0.6) is 0 Å². The smallest absolute Gasteiger partial charge is 0.295 e. The summed E-state index contributed by atoms with van der Waals surface area (Å²) in [7, 11) is 0. The van der Waals surface area contributed by atoms with Gasteiger partial charge in [-0.3, -0.25) is 10.1 Å². The van der Waals surface area contributed by atoms with E-state index in [0.29, 0.717) is 5.69 Å². The van der Waals surface area contributed by atoms with Gasteiger partial charge in [0.15, 0.2) is 0 Å². The van der Waals surface area contributed by atoms with E-state index in [1.807, 2.05) is 13.8 Å². The summed E-state index contributed by atoms with van der Waals surface area (Å²) in [5.41, 5.74) is 0.0953. The monoisotopic (exact) mass is 304 g/mol. The first-order valence-corrected chi connectivity index (χ1v) is 6.15. The number of nitro groups is 1. The summed E-state index contributed by atoms with van der Waals surface area (Å²) in [5.74, 6) is -0.634. The van der Waals surface area contributed by atoms with Crippen LogP contribution in [0.1, 0.15) is 26.7 Å². The molecule has 1 atom stereocenters. The summed E-state index contributed by atoms with van der Waals surface area (Å²) in [6.45, 7) is 3.97. The Morgan fingerprint density at radius 2 is 2.24 bits per heavy atom. The molecule has 0 aliphatic rings.